The van der Waals surface area contributed by atoms with Crippen molar-refractivity contribution in [3.63, 3.8) is 0 Å². The van der Waals surface area contributed by atoms with Crippen LogP contribution in [0.3, 0.4) is 0 Å². The highest BCUT2D eigenvalue weighted by Gasteiger charge is 2.19. The van der Waals surface area contributed by atoms with Gasteiger partial charge in [0.15, 0.2) is 0 Å². The zero-order valence-corrected chi connectivity index (χ0v) is 11.8. The van der Waals surface area contributed by atoms with E-state index in [0.29, 0.717) is 0 Å². The lowest BCUT2D eigenvalue weighted by molar-refractivity contribution is 0.278. The molecule has 3 nitrogen and oxygen atoms in total. The van der Waals surface area contributed by atoms with E-state index in [1.165, 1.54) is 37.8 Å². The van der Waals surface area contributed by atoms with Gasteiger partial charge in [0.05, 0.1) is 12.3 Å². The summed E-state index contributed by atoms with van der Waals surface area (Å²) in [6, 6.07) is 0. The van der Waals surface area contributed by atoms with Crippen LogP contribution >= 0.6 is 0 Å². The Kier molecular flexibility index (Phi) is 4.81. The average Bonchev–Trinajstić information content (AvgIpc) is 2.76. The first kappa shape index (κ1) is 13.6. The highest BCUT2D eigenvalue weighted by atomic mass is 16.3. The summed E-state index contributed by atoms with van der Waals surface area (Å²) < 4.78 is 2.18. The summed E-state index contributed by atoms with van der Waals surface area (Å²) in [6.45, 7) is 5.46. The zero-order valence-electron chi connectivity index (χ0n) is 11.8. The van der Waals surface area contributed by atoms with Gasteiger partial charge in [-0.1, -0.05) is 33.1 Å². The van der Waals surface area contributed by atoms with E-state index in [9.17, 15) is 5.11 Å². The molecule has 0 bridgehead atoms. The van der Waals surface area contributed by atoms with E-state index in [1.807, 2.05) is 0 Å². The second-order valence-corrected chi connectivity index (χ2v) is 5.42. The van der Waals surface area contributed by atoms with E-state index >= 15 is 0 Å². The van der Waals surface area contributed by atoms with Crippen molar-refractivity contribution < 1.29 is 5.11 Å². The van der Waals surface area contributed by atoms with Crippen LogP contribution in [0.15, 0.2) is 0 Å². The fraction of sp³-hybridized carbons (Fsp3) is 0.800. The molecule has 0 amide bonds. The predicted octanol–water partition coefficient (Wildman–Crippen LogP) is 3.08. The van der Waals surface area contributed by atoms with Gasteiger partial charge >= 0.3 is 0 Å². The molecule has 0 saturated heterocycles. The van der Waals surface area contributed by atoms with Crippen molar-refractivity contribution in [3.05, 3.63) is 17.0 Å². The number of aliphatic hydroxyl groups is 1. The summed E-state index contributed by atoms with van der Waals surface area (Å²) in [5, 5.41) is 14.2. The van der Waals surface area contributed by atoms with E-state index in [0.717, 1.165) is 36.6 Å². The number of hydrogen-bond acceptors (Lipinski definition) is 2. The van der Waals surface area contributed by atoms with E-state index in [-0.39, 0.29) is 6.61 Å². The Morgan fingerprint density at radius 1 is 1.17 bits per heavy atom. The van der Waals surface area contributed by atoms with E-state index < -0.39 is 0 Å². The van der Waals surface area contributed by atoms with Crippen LogP contribution in [0, 0.1) is 5.92 Å². The molecule has 1 heterocycles. The molecule has 0 aromatic carbocycles. The van der Waals surface area contributed by atoms with E-state index in [4.69, 9.17) is 5.10 Å². The van der Waals surface area contributed by atoms with Crippen LogP contribution in [0.25, 0.3) is 0 Å². The van der Waals surface area contributed by atoms with Gasteiger partial charge in [-0.2, -0.15) is 5.10 Å². The van der Waals surface area contributed by atoms with Crippen molar-refractivity contribution in [1.82, 2.24) is 9.78 Å². The Morgan fingerprint density at radius 3 is 2.44 bits per heavy atom. The third kappa shape index (κ3) is 2.77. The first-order chi connectivity index (χ1) is 8.80. The normalized spacial score (nSPS) is 17.3. The number of rotatable bonds is 5. The van der Waals surface area contributed by atoms with Crippen molar-refractivity contribution in [2.24, 2.45) is 5.92 Å². The Morgan fingerprint density at radius 2 is 1.89 bits per heavy atom. The van der Waals surface area contributed by atoms with Gasteiger partial charge in [0, 0.05) is 17.8 Å². The molecular weight excluding hydrogens is 224 g/mol. The standard InChI is InChI=1S/C15H26N2O/c1-3-14-13(11-18)15(4-2)17(16-14)10-12-8-6-5-7-9-12/h12,18H,3-11H2,1-2H3. The van der Waals surface area contributed by atoms with Gasteiger partial charge < -0.3 is 5.11 Å². The SMILES string of the molecule is CCc1nn(CC2CCCCC2)c(CC)c1CO. The molecule has 102 valence electrons. The van der Waals surface area contributed by atoms with Gasteiger partial charge in [0.25, 0.3) is 0 Å². The fourth-order valence-corrected chi connectivity index (χ4v) is 3.22. The Balaban J connectivity index is 2.17. The maximum atomic E-state index is 9.53. The van der Waals surface area contributed by atoms with Gasteiger partial charge in [-0.05, 0) is 31.6 Å². The molecule has 1 fully saturated rings. The number of aryl methyl sites for hydroxylation is 1. The van der Waals surface area contributed by atoms with Gasteiger partial charge in [-0.3, -0.25) is 4.68 Å². The molecule has 1 saturated carbocycles. The minimum absolute atomic E-state index is 0.136. The summed E-state index contributed by atoms with van der Waals surface area (Å²) in [5.41, 5.74) is 3.42. The van der Waals surface area contributed by atoms with Crippen LogP contribution in [0.1, 0.15) is 62.9 Å². The lowest BCUT2D eigenvalue weighted by atomic mass is 9.89. The van der Waals surface area contributed by atoms with Crippen molar-refractivity contribution >= 4 is 0 Å². The topological polar surface area (TPSA) is 38.0 Å². The molecule has 1 aromatic heterocycles. The van der Waals surface area contributed by atoms with E-state index in [1.54, 1.807) is 0 Å². The first-order valence-corrected chi connectivity index (χ1v) is 7.48. The zero-order chi connectivity index (χ0) is 13.0. The van der Waals surface area contributed by atoms with Crippen molar-refractivity contribution in [3.8, 4) is 0 Å². The van der Waals surface area contributed by atoms with Crippen molar-refractivity contribution in [2.75, 3.05) is 0 Å². The molecular formula is C15H26N2O. The highest BCUT2D eigenvalue weighted by molar-refractivity contribution is 5.26. The third-order valence-electron chi connectivity index (χ3n) is 4.23. The monoisotopic (exact) mass is 250 g/mol. The molecule has 1 aliphatic carbocycles. The third-order valence-corrected chi connectivity index (χ3v) is 4.23. The second-order valence-electron chi connectivity index (χ2n) is 5.42. The molecule has 3 heteroatoms. The molecule has 18 heavy (non-hydrogen) atoms. The van der Waals surface area contributed by atoms with E-state index in [2.05, 4.69) is 18.5 Å². The molecule has 1 N–H and O–H groups in total. The maximum absolute atomic E-state index is 9.53. The van der Waals surface area contributed by atoms with Crippen LogP contribution in [-0.4, -0.2) is 14.9 Å². The number of hydrogen-bond donors (Lipinski definition) is 1. The van der Waals surface area contributed by atoms with Crippen molar-refractivity contribution in [1.29, 1.82) is 0 Å². The number of aromatic nitrogens is 2. The smallest absolute Gasteiger partial charge is 0.0718 e. The summed E-state index contributed by atoms with van der Waals surface area (Å²) >= 11 is 0. The highest BCUT2D eigenvalue weighted by Crippen LogP contribution is 2.26. The Bertz CT molecular complexity index is 378. The Labute approximate surface area is 110 Å². The molecule has 2 rings (SSSR count). The fourth-order valence-electron chi connectivity index (χ4n) is 3.22. The molecule has 0 atom stereocenters. The van der Waals surface area contributed by atoms with Gasteiger partial charge in [-0.15, -0.1) is 0 Å². The largest absolute Gasteiger partial charge is 0.392 e. The van der Waals surface area contributed by atoms with Crippen LogP contribution in [0.5, 0.6) is 0 Å². The molecule has 0 spiro atoms. The molecule has 0 radical (unpaired) electrons. The Hall–Kier alpha value is -0.830. The number of aliphatic hydroxyl groups excluding tert-OH is 1. The number of nitrogens with zero attached hydrogens (tertiary/aromatic N) is 2. The predicted molar refractivity (Wildman–Crippen MR) is 73.5 cm³/mol. The molecule has 1 aromatic rings. The average molecular weight is 250 g/mol. The summed E-state index contributed by atoms with van der Waals surface area (Å²) in [6.07, 6.45) is 8.73. The minimum Gasteiger partial charge on any atom is -0.392 e. The minimum atomic E-state index is 0.136. The van der Waals surface area contributed by atoms with Gasteiger partial charge in [-0.25, -0.2) is 0 Å². The van der Waals surface area contributed by atoms with Crippen LogP contribution in [0.4, 0.5) is 0 Å². The molecule has 1 aliphatic rings. The second kappa shape index (κ2) is 6.37. The van der Waals surface area contributed by atoms with Gasteiger partial charge in [0.2, 0.25) is 0 Å². The summed E-state index contributed by atoms with van der Waals surface area (Å²) in [5.74, 6) is 0.792. The molecule has 0 aliphatic heterocycles. The maximum Gasteiger partial charge on any atom is 0.0718 e. The summed E-state index contributed by atoms with van der Waals surface area (Å²) in [4.78, 5) is 0. The first-order valence-electron chi connectivity index (χ1n) is 7.48. The lowest BCUT2D eigenvalue weighted by Crippen LogP contribution is -2.17. The molecule has 0 unspecified atom stereocenters. The van der Waals surface area contributed by atoms with Crippen LogP contribution in [0.2, 0.25) is 0 Å². The lowest BCUT2D eigenvalue weighted by Gasteiger charge is -2.22. The van der Waals surface area contributed by atoms with Crippen LogP contribution < -0.4 is 0 Å². The van der Waals surface area contributed by atoms with Gasteiger partial charge in [0.1, 0.15) is 0 Å². The summed E-state index contributed by atoms with van der Waals surface area (Å²) in [7, 11) is 0. The van der Waals surface area contributed by atoms with Crippen molar-refractivity contribution in [2.45, 2.75) is 71.9 Å². The van der Waals surface area contributed by atoms with Crippen LogP contribution in [-0.2, 0) is 26.0 Å². The quantitative estimate of drug-likeness (QED) is 0.872.